The second-order valence-corrected chi connectivity index (χ2v) is 5.72. The van der Waals surface area contributed by atoms with E-state index in [1.807, 2.05) is 0 Å². The highest BCUT2D eigenvalue weighted by Gasteiger charge is 2.14. The smallest absolute Gasteiger partial charge is 0.122 e. The minimum Gasteiger partial charge on any atom is -0.496 e. The predicted molar refractivity (Wildman–Crippen MR) is 77.0 cm³/mol. The molecule has 3 N–H and O–H groups in total. The Bertz CT molecular complexity index is 400. The van der Waals surface area contributed by atoms with Crippen molar-refractivity contribution in [1.82, 2.24) is 5.32 Å². The summed E-state index contributed by atoms with van der Waals surface area (Å²) in [6.07, 6.45) is 0. The summed E-state index contributed by atoms with van der Waals surface area (Å²) in [6, 6.07) is 4.29. The molecule has 0 unspecified atom stereocenters. The van der Waals surface area contributed by atoms with Gasteiger partial charge >= 0.3 is 0 Å². The Balaban J connectivity index is 2.66. The number of nitrogens with two attached hydrogens (primary N) is 1. The summed E-state index contributed by atoms with van der Waals surface area (Å²) in [6.45, 7) is 11.0. The third-order valence-corrected chi connectivity index (χ3v) is 3.33. The largest absolute Gasteiger partial charge is 0.496 e. The molecule has 0 amide bonds. The topological polar surface area (TPSA) is 47.3 Å². The molecule has 1 aromatic carbocycles. The van der Waals surface area contributed by atoms with Crippen molar-refractivity contribution in [2.45, 2.75) is 34.2 Å². The van der Waals surface area contributed by atoms with Gasteiger partial charge in [0.2, 0.25) is 0 Å². The summed E-state index contributed by atoms with van der Waals surface area (Å²) >= 11 is 0. The molecule has 3 nitrogen and oxygen atoms in total. The molecule has 18 heavy (non-hydrogen) atoms. The first kappa shape index (κ1) is 15.0. The van der Waals surface area contributed by atoms with Crippen LogP contribution in [-0.2, 0) is 6.54 Å². The second kappa shape index (κ2) is 6.21. The van der Waals surface area contributed by atoms with E-state index < -0.39 is 0 Å². The molecule has 0 aromatic heterocycles. The fourth-order valence-corrected chi connectivity index (χ4v) is 1.87. The van der Waals surface area contributed by atoms with Gasteiger partial charge < -0.3 is 15.8 Å². The van der Waals surface area contributed by atoms with Crippen LogP contribution in [0.1, 0.15) is 30.5 Å². The van der Waals surface area contributed by atoms with Crippen LogP contribution in [0.2, 0.25) is 0 Å². The molecule has 1 aromatic rings. The summed E-state index contributed by atoms with van der Waals surface area (Å²) in [5.41, 5.74) is 9.63. The Labute approximate surface area is 111 Å². The maximum absolute atomic E-state index is 5.72. The Kier molecular flexibility index (Phi) is 5.17. The standard InChI is InChI=1S/C15H26N2O/c1-11-7-14(18-5)12(2)6-13(11)8-17-10-15(3,4)9-16/h6-7,17H,8-10,16H2,1-5H3. The Morgan fingerprint density at radius 1 is 1.22 bits per heavy atom. The SMILES string of the molecule is COc1cc(C)c(CNCC(C)(C)CN)cc1C. The van der Waals surface area contributed by atoms with Crippen molar-refractivity contribution in [3.63, 3.8) is 0 Å². The highest BCUT2D eigenvalue weighted by atomic mass is 16.5. The first-order valence-corrected chi connectivity index (χ1v) is 6.44. The van der Waals surface area contributed by atoms with Crippen LogP contribution in [0.5, 0.6) is 5.75 Å². The van der Waals surface area contributed by atoms with Gasteiger partial charge in [-0.2, -0.15) is 0 Å². The van der Waals surface area contributed by atoms with Gasteiger partial charge in [-0.15, -0.1) is 0 Å². The summed E-state index contributed by atoms with van der Waals surface area (Å²) in [7, 11) is 1.71. The van der Waals surface area contributed by atoms with Gasteiger partial charge in [-0.05, 0) is 48.6 Å². The average molecular weight is 250 g/mol. The van der Waals surface area contributed by atoms with Crippen molar-refractivity contribution in [1.29, 1.82) is 0 Å². The first-order valence-electron chi connectivity index (χ1n) is 6.44. The van der Waals surface area contributed by atoms with Crippen molar-refractivity contribution in [2.75, 3.05) is 20.2 Å². The minimum absolute atomic E-state index is 0.148. The maximum Gasteiger partial charge on any atom is 0.122 e. The summed E-state index contributed by atoms with van der Waals surface area (Å²) in [5, 5.41) is 3.48. The number of ether oxygens (including phenoxy) is 1. The molecular formula is C15H26N2O. The lowest BCUT2D eigenvalue weighted by atomic mass is 9.93. The summed E-state index contributed by atoms with van der Waals surface area (Å²) < 4.78 is 5.32. The van der Waals surface area contributed by atoms with Gasteiger partial charge in [0.05, 0.1) is 7.11 Å². The molecule has 0 bridgehead atoms. The monoisotopic (exact) mass is 250 g/mol. The molecule has 102 valence electrons. The van der Waals surface area contributed by atoms with Crippen LogP contribution in [-0.4, -0.2) is 20.2 Å². The number of rotatable bonds is 6. The van der Waals surface area contributed by atoms with Gasteiger partial charge in [-0.25, -0.2) is 0 Å². The van der Waals surface area contributed by atoms with Crippen LogP contribution in [0, 0.1) is 19.3 Å². The lowest BCUT2D eigenvalue weighted by Crippen LogP contribution is -2.35. The molecule has 0 saturated heterocycles. The fraction of sp³-hybridized carbons (Fsp3) is 0.600. The van der Waals surface area contributed by atoms with Crippen molar-refractivity contribution >= 4 is 0 Å². The molecule has 0 aliphatic heterocycles. The van der Waals surface area contributed by atoms with E-state index in [2.05, 4.69) is 45.1 Å². The highest BCUT2D eigenvalue weighted by Crippen LogP contribution is 2.22. The molecule has 0 spiro atoms. The lowest BCUT2D eigenvalue weighted by Gasteiger charge is -2.23. The van der Waals surface area contributed by atoms with Crippen LogP contribution >= 0.6 is 0 Å². The van der Waals surface area contributed by atoms with E-state index >= 15 is 0 Å². The molecule has 0 aliphatic rings. The predicted octanol–water partition coefficient (Wildman–Crippen LogP) is 2.39. The van der Waals surface area contributed by atoms with Crippen molar-refractivity contribution in [3.8, 4) is 5.75 Å². The molecule has 0 fully saturated rings. The van der Waals surface area contributed by atoms with E-state index in [1.54, 1.807) is 7.11 Å². The van der Waals surface area contributed by atoms with Gasteiger partial charge in [0.15, 0.2) is 0 Å². The fourth-order valence-electron chi connectivity index (χ4n) is 1.87. The molecule has 0 saturated carbocycles. The van der Waals surface area contributed by atoms with E-state index in [4.69, 9.17) is 10.5 Å². The average Bonchev–Trinajstić information content (AvgIpc) is 2.33. The van der Waals surface area contributed by atoms with Gasteiger partial charge in [0.25, 0.3) is 0 Å². The lowest BCUT2D eigenvalue weighted by molar-refractivity contribution is 0.351. The number of methoxy groups -OCH3 is 1. The summed E-state index contributed by atoms with van der Waals surface area (Å²) in [5.74, 6) is 0.957. The Hall–Kier alpha value is -1.06. The zero-order valence-corrected chi connectivity index (χ0v) is 12.3. The molecule has 0 radical (unpaired) electrons. The number of aryl methyl sites for hydroxylation is 2. The van der Waals surface area contributed by atoms with E-state index in [0.29, 0.717) is 6.54 Å². The van der Waals surface area contributed by atoms with Crippen molar-refractivity contribution < 1.29 is 4.74 Å². The van der Waals surface area contributed by atoms with E-state index in [-0.39, 0.29) is 5.41 Å². The number of hydrogen-bond donors (Lipinski definition) is 2. The van der Waals surface area contributed by atoms with Gasteiger partial charge in [0, 0.05) is 13.1 Å². The normalized spacial score (nSPS) is 11.7. The third-order valence-electron chi connectivity index (χ3n) is 3.33. The quantitative estimate of drug-likeness (QED) is 0.815. The van der Waals surface area contributed by atoms with Crippen molar-refractivity contribution in [2.24, 2.45) is 11.1 Å². The van der Waals surface area contributed by atoms with Crippen LogP contribution in [0.25, 0.3) is 0 Å². The van der Waals surface area contributed by atoms with Gasteiger partial charge in [0.1, 0.15) is 5.75 Å². The van der Waals surface area contributed by atoms with Crippen molar-refractivity contribution in [3.05, 3.63) is 28.8 Å². The van der Waals surface area contributed by atoms with Crippen LogP contribution in [0.4, 0.5) is 0 Å². The molecule has 0 atom stereocenters. The minimum atomic E-state index is 0.148. The molecular weight excluding hydrogens is 224 g/mol. The van der Waals surface area contributed by atoms with E-state index in [9.17, 15) is 0 Å². The van der Waals surface area contributed by atoms with Gasteiger partial charge in [-0.1, -0.05) is 19.9 Å². The molecule has 1 rings (SSSR count). The van der Waals surface area contributed by atoms with Crippen LogP contribution < -0.4 is 15.8 Å². The van der Waals surface area contributed by atoms with Crippen LogP contribution in [0.15, 0.2) is 12.1 Å². The molecule has 0 aliphatic carbocycles. The van der Waals surface area contributed by atoms with Gasteiger partial charge in [-0.3, -0.25) is 0 Å². The van der Waals surface area contributed by atoms with E-state index in [1.165, 1.54) is 16.7 Å². The zero-order chi connectivity index (χ0) is 13.8. The molecule has 0 heterocycles. The van der Waals surface area contributed by atoms with Crippen LogP contribution in [0.3, 0.4) is 0 Å². The number of hydrogen-bond acceptors (Lipinski definition) is 3. The Morgan fingerprint density at radius 2 is 1.89 bits per heavy atom. The third kappa shape index (κ3) is 4.00. The highest BCUT2D eigenvalue weighted by molar-refractivity contribution is 5.41. The summed E-state index contributed by atoms with van der Waals surface area (Å²) in [4.78, 5) is 0. The second-order valence-electron chi connectivity index (χ2n) is 5.72. The maximum atomic E-state index is 5.72. The number of benzene rings is 1. The Morgan fingerprint density at radius 3 is 2.44 bits per heavy atom. The van der Waals surface area contributed by atoms with E-state index in [0.717, 1.165) is 18.8 Å². The molecule has 3 heteroatoms. The first-order chi connectivity index (χ1) is 8.39. The zero-order valence-electron chi connectivity index (χ0n) is 12.3. The number of nitrogens with one attached hydrogen (secondary N) is 1.